The van der Waals surface area contributed by atoms with Crippen LogP contribution in [0.25, 0.3) is 5.70 Å². The van der Waals surface area contributed by atoms with Gasteiger partial charge in [0.05, 0.1) is 12.8 Å². The average Bonchev–Trinajstić information content (AvgIpc) is 2.84. The number of nitrogens with one attached hydrogen (secondary N) is 2. The molecular formula is C17H20N4OS. The fourth-order valence-electron chi connectivity index (χ4n) is 2.44. The van der Waals surface area contributed by atoms with Gasteiger partial charge in [0.25, 0.3) is 0 Å². The van der Waals surface area contributed by atoms with Gasteiger partial charge in [-0.3, -0.25) is 10.9 Å². The van der Waals surface area contributed by atoms with Crippen molar-refractivity contribution in [3.63, 3.8) is 0 Å². The molecule has 0 radical (unpaired) electrons. The number of thioether (sulfide) groups is 1. The third-order valence-electron chi connectivity index (χ3n) is 3.97. The Balaban J connectivity index is 1.83. The lowest BCUT2D eigenvalue weighted by Crippen LogP contribution is -2.36. The van der Waals surface area contributed by atoms with Crippen LogP contribution in [0.5, 0.6) is 5.75 Å². The van der Waals surface area contributed by atoms with Crippen LogP contribution in [0.1, 0.15) is 17.0 Å². The van der Waals surface area contributed by atoms with E-state index in [0.29, 0.717) is 0 Å². The Bertz CT molecular complexity index is 792. The van der Waals surface area contributed by atoms with Crippen molar-refractivity contribution in [2.24, 2.45) is 12.0 Å². The Kier molecular flexibility index (Phi) is 4.34. The van der Waals surface area contributed by atoms with Gasteiger partial charge >= 0.3 is 0 Å². The summed E-state index contributed by atoms with van der Waals surface area (Å²) in [4.78, 5) is 4.59. The van der Waals surface area contributed by atoms with Crippen molar-refractivity contribution in [2.75, 3.05) is 7.11 Å². The van der Waals surface area contributed by atoms with E-state index in [1.807, 2.05) is 24.3 Å². The molecule has 1 aliphatic heterocycles. The number of methoxy groups -OCH3 is 1. The topological polar surface area (TPSA) is 50.6 Å². The van der Waals surface area contributed by atoms with E-state index in [4.69, 9.17) is 4.74 Å². The SMILES string of the molecule is COc1ccccc1N=C1NNC(c2cc(C)n(C)c2C)=CS1. The monoisotopic (exact) mass is 328 g/mol. The number of aliphatic imine (C=N–C) groups is 1. The predicted molar refractivity (Wildman–Crippen MR) is 96.8 cm³/mol. The van der Waals surface area contributed by atoms with Crippen LogP contribution in [0.15, 0.2) is 40.7 Å². The highest BCUT2D eigenvalue weighted by molar-refractivity contribution is 8.16. The molecule has 2 heterocycles. The molecule has 0 fully saturated rings. The van der Waals surface area contributed by atoms with Crippen molar-refractivity contribution < 1.29 is 4.74 Å². The van der Waals surface area contributed by atoms with E-state index in [1.54, 1.807) is 18.9 Å². The molecule has 0 unspecified atom stereocenters. The lowest BCUT2D eigenvalue weighted by atomic mass is 10.2. The second kappa shape index (κ2) is 6.42. The van der Waals surface area contributed by atoms with Crippen molar-refractivity contribution >= 4 is 28.3 Å². The number of ether oxygens (including phenoxy) is 1. The van der Waals surface area contributed by atoms with Crippen LogP contribution in [0.2, 0.25) is 0 Å². The van der Waals surface area contributed by atoms with E-state index < -0.39 is 0 Å². The van der Waals surface area contributed by atoms with E-state index in [-0.39, 0.29) is 0 Å². The molecule has 0 bridgehead atoms. The van der Waals surface area contributed by atoms with Crippen LogP contribution in [0.4, 0.5) is 5.69 Å². The molecule has 3 rings (SSSR count). The second-order valence-corrected chi connectivity index (χ2v) is 6.19. The summed E-state index contributed by atoms with van der Waals surface area (Å²) in [6.45, 7) is 4.23. The largest absolute Gasteiger partial charge is 0.494 e. The predicted octanol–water partition coefficient (Wildman–Crippen LogP) is 3.48. The standard InChI is InChI=1S/C17H20N4OS/c1-11-9-13(12(2)21(11)3)15-10-23-17(20-19-15)18-14-7-5-6-8-16(14)22-4/h5-10,19H,1-4H3,(H,18,20). The highest BCUT2D eigenvalue weighted by Crippen LogP contribution is 2.29. The third kappa shape index (κ3) is 3.07. The molecule has 0 saturated heterocycles. The molecule has 0 atom stereocenters. The molecule has 120 valence electrons. The van der Waals surface area contributed by atoms with Gasteiger partial charge < -0.3 is 9.30 Å². The van der Waals surface area contributed by atoms with Crippen LogP contribution in [-0.4, -0.2) is 16.8 Å². The van der Waals surface area contributed by atoms with Gasteiger partial charge in [-0.2, -0.15) is 0 Å². The van der Waals surface area contributed by atoms with Crippen molar-refractivity contribution in [2.45, 2.75) is 13.8 Å². The molecule has 1 aliphatic rings. The maximum absolute atomic E-state index is 5.33. The van der Waals surface area contributed by atoms with Crippen LogP contribution in [0, 0.1) is 13.8 Å². The zero-order valence-electron chi connectivity index (χ0n) is 13.7. The highest BCUT2D eigenvalue weighted by atomic mass is 32.2. The van der Waals surface area contributed by atoms with Crippen molar-refractivity contribution in [3.05, 3.63) is 52.7 Å². The van der Waals surface area contributed by atoms with Gasteiger partial charge in [0.1, 0.15) is 11.4 Å². The Morgan fingerprint density at radius 1 is 1.17 bits per heavy atom. The molecule has 2 aromatic rings. The minimum absolute atomic E-state index is 0.756. The second-order valence-electron chi connectivity index (χ2n) is 5.33. The van der Waals surface area contributed by atoms with Gasteiger partial charge in [0.15, 0.2) is 5.17 Å². The van der Waals surface area contributed by atoms with Gasteiger partial charge in [-0.15, -0.1) is 0 Å². The molecule has 2 N–H and O–H groups in total. The molecule has 23 heavy (non-hydrogen) atoms. The zero-order valence-corrected chi connectivity index (χ0v) is 14.5. The van der Waals surface area contributed by atoms with Crippen molar-refractivity contribution in [1.29, 1.82) is 0 Å². The third-order valence-corrected chi connectivity index (χ3v) is 4.74. The summed E-state index contributed by atoms with van der Waals surface area (Å²) in [5.41, 5.74) is 11.9. The van der Waals surface area contributed by atoms with Gasteiger partial charge in [-0.05, 0) is 32.0 Å². The van der Waals surface area contributed by atoms with Gasteiger partial charge in [0, 0.05) is 29.4 Å². The van der Waals surface area contributed by atoms with Gasteiger partial charge in [0.2, 0.25) is 0 Å². The maximum Gasteiger partial charge on any atom is 0.185 e. The van der Waals surface area contributed by atoms with Crippen LogP contribution >= 0.6 is 11.8 Å². The number of aromatic nitrogens is 1. The maximum atomic E-state index is 5.33. The summed E-state index contributed by atoms with van der Waals surface area (Å²) in [6.07, 6.45) is 0. The first kappa shape index (κ1) is 15.6. The van der Waals surface area contributed by atoms with Gasteiger partial charge in [-0.1, -0.05) is 23.9 Å². The molecule has 0 amide bonds. The van der Waals surface area contributed by atoms with E-state index in [0.717, 1.165) is 22.3 Å². The first-order valence-corrected chi connectivity index (χ1v) is 8.22. The first-order valence-electron chi connectivity index (χ1n) is 7.34. The number of amidine groups is 1. The minimum Gasteiger partial charge on any atom is -0.494 e. The Hall–Kier alpha value is -2.34. The van der Waals surface area contributed by atoms with E-state index in [2.05, 4.69) is 52.8 Å². The summed E-state index contributed by atoms with van der Waals surface area (Å²) in [5, 5.41) is 2.86. The van der Waals surface area contributed by atoms with Crippen LogP contribution in [0.3, 0.4) is 0 Å². The molecule has 0 spiro atoms. The number of nitrogens with zero attached hydrogens (tertiary/aromatic N) is 2. The first-order chi connectivity index (χ1) is 11.1. The Labute approximate surface area is 140 Å². The van der Waals surface area contributed by atoms with Crippen LogP contribution in [-0.2, 0) is 7.05 Å². The fraction of sp³-hybridized carbons (Fsp3) is 0.235. The minimum atomic E-state index is 0.756. The summed E-state index contributed by atoms with van der Waals surface area (Å²) >= 11 is 1.55. The average molecular weight is 328 g/mol. The number of benzene rings is 1. The summed E-state index contributed by atoms with van der Waals surface area (Å²) < 4.78 is 7.51. The number of hydrazine groups is 1. The lowest BCUT2D eigenvalue weighted by Gasteiger charge is -2.19. The normalized spacial score (nSPS) is 15.8. The molecule has 5 nitrogen and oxygen atoms in total. The fourth-order valence-corrected chi connectivity index (χ4v) is 3.12. The van der Waals surface area contributed by atoms with Crippen molar-refractivity contribution in [3.8, 4) is 5.75 Å². The number of hydrogen-bond donors (Lipinski definition) is 2. The van der Waals surface area contributed by atoms with Crippen LogP contribution < -0.4 is 15.6 Å². The van der Waals surface area contributed by atoms with Gasteiger partial charge in [-0.25, -0.2) is 4.99 Å². The van der Waals surface area contributed by atoms with E-state index in [9.17, 15) is 0 Å². The number of rotatable bonds is 3. The number of aryl methyl sites for hydroxylation is 1. The highest BCUT2D eigenvalue weighted by Gasteiger charge is 2.15. The molecule has 6 heteroatoms. The molecule has 1 aromatic carbocycles. The number of para-hydroxylation sites is 2. The molecule has 0 saturated carbocycles. The summed E-state index contributed by atoms with van der Waals surface area (Å²) in [6, 6.07) is 9.88. The summed E-state index contributed by atoms with van der Waals surface area (Å²) in [5.74, 6) is 0.756. The van der Waals surface area contributed by atoms with Crippen molar-refractivity contribution in [1.82, 2.24) is 15.4 Å². The molecular weight excluding hydrogens is 308 g/mol. The van der Waals surface area contributed by atoms with E-state index >= 15 is 0 Å². The zero-order chi connectivity index (χ0) is 16.4. The quantitative estimate of drug-likeness (QED) is 0.906. The smallest absolute Gasteiger partial charge is 0.185 e. The summed E-state index contributed by atoms with van der Waals surface area (Å²) in [7, 11) is 3.73. The Morgan fingerprint density at radius 2 is 1.96 bits per heavy atom. The number of hydrogen-bond acceptors (Lipinski definition) is 4. The molecule has 0 aliphatic carbocycles. The Morgan fingerprint density at radius 3 is 2.57 bits per heavy atom. The molecule has 1 aromatic heterocycles. The lowest BCUT2D eigenvalue weighted by molar-refractivity contribution is 0.416. The van der Waals surface area contributed by atoms with E-state index in [1.165, 1.54) is 17.0 Å².